The average Bonchev–Trinajstić information content (AvgIpc) is 2.16. The Morgan fingerprint density at radius 1 is 1.31 bits per heavy atom. The third-order valence-electron chi connectivity index (χ3n) is 3.04. The van der Waals surface area contributed by atoms with Crippen LogP contribution in [0.4, 0.5) is 0 Å². The van der Waals surface area contributed by atoms with E-state index in [1.165, 1.54) is 11.1 Å². The molecule has 0 bridgehead atoms. The van der Waals surface area contributed by atoms with Gasteiger partial charge in [0.2, 0.25) is 0 Å². The Hall–Kier alpha value is -0.820. The standard InChI is InChI=1S/C15H24O/c1-12(2)6-5-7-13-8-10-14(11-9-13)15(3,4)16/h6,8,10,16H,5,7,9,11H2,1-4H3. The summed E-state index contributed by atoms with van der Waals surface area (Å²) in [4.78, 5) is 0. The van der Waals surface area contributed by atoms with E-state index in [-0.39, 0.29) is 0 Å². The molecule has 90 valence electrons. The Bertz CT molecular complexity index is 320. The summed E-state index contributed by atoms with van der Waals surface area (Å²) in [6.07, 6.45) is 11.0. The molecule has 0 aromatic carbocycles. The van der Waals surface area contributed by atoms with Crippen LogP contribution in [0.25, 0.3) is 0 Å². The average molecular weight is 220 g/mol. The Kier molecular flexibility index (Phi) is 4.55. The van der Waals surface area contributed by atoms with E-state index in [0.717, 1.165) is 31.3 Å². The normalized spacial score (nSPS) is 16.6. The smallest absolute Gasteiger partial charge is 0.0803 e. The Morgan fingerprint density at radius 3 is 2.44 bits per heavy atom. The summed E-state index contributed by atoms with van der Waals surface area (Å²) in [7, 11) is 0. The first-order valence-electron chi connectivity index (χ1n) is 6.14. The van der Waals surface area contributed by atoms with E-state index in [2.05, 4.69) is 32.1 Å². The molecule has 0 aromatic rings. The number of rotatable bonds is 4. The van der Waals surface area contributed by atoms with Crippen molar-refractivity contribution in [2.45, 2.75) is 59.0 Å². The van der Waals surface area contributed by atoms with Gasteiger partial charge in [-0.15, -0.1) is 0 Å². The van der Waals surface area contributed by atoms with Gasteiger partial charge in [-0.05, 0) is 59.0 Å². The fourth-order valence-corrected chi connectivity index (χ4v) is 1.94. The zero-order valence-electron chi connectivity index (χ0n) is 11.0. The number of hydrogen-bond acceptors (Lipinski definition) is 1. The summed E-state index contributed by atoms with van der Waals surface area (Å²) < 4.78 is 0. The fraction of sp³-hybridized carbons (Fsp3) is 0.600. The summed E-state index contributed by atoms with van der Waals surface area (Å²) in [6, 6.07) is 0. The molecule has 0 fully saturated rings. The van der Waals surface area contributed by atoms with Gasteiger partial charge in [0.1, 0.15) is 0 Å². The Balaban J connectivity index is 2.52. The lowest BCUT2D eigenvalue weighted by Gasteiger charge is -2.24. The minimum atomic E-state index is -0.651. The van der Waals surface area contributed by atoms with Crippen molar-refractivity contribution in [3.8, 4) is 0 Å². The zero-order valence-corrected chi connectivity index (χ0v) is 11.0. The van der Waals surface area contributed by atoms with Crippen LogP contribution >= 0.6 is 0 Å². The van der Waals surface area contributed by atoms with Gasteiger partial charge in [-0.3, -0.25) is 0 Å². The molecule has 1 aliphatic rings. The van der Waals surface area contributed by atoms with E-state index in [0.29, 0.717) is 0 Å². The lowest BCUT2D eigenvalue weighted by molar-refractivity contribution is 0.115. The second-order valence-corrected chi connectivity index (χ2v) is 5.40. The van der Waals surface area contributed by atoms with Gasteiger partial charge in [-0.1, -0.05) is 29.4 Å². The van der Waals surface area contributed by atoms with Crippen molar-refractivity contribution in [2.75, 3.05) is 0 Å². The van der Waals surface area contributed by atoms with Crippen molar-refractivity contribution in [3.05, 3.63) is 34.9 Å². The SMILES string of the molecule is CC(C)=CCCC1=CC=C(C(C)(C)O)CC1. The molecule has 0 unspecified atom stereocenters. The largest absolute Gasteiger partial charge is 0.386 e. The van der Waals surface area contributed by atoms with Crippen LogP contribution in [0.2, 0.25) is 0 Å². The van der Waals surface area contributed by atoms with Crippen LogP contribution in [0.1, 0.15) is 53.4 Å². The molecule has 1 N–H and O–H groups in total. The summed E-state index contributed by atoms with van der Waals surface area (Å²) in [5.74, 6) is 0. The molecule has 1 heteroatoms. The van der Waals surface area contributed by atoms with Gasteiger partial charge in [-0.25, -0.2) is 0 Å². The van der Waals surface area contributed by atoms with Gasteiger partial charge in [0.25, 0.3) is 0 Å². The third-order valence-corrected chi connectivity index (χ3v) is 3.04. The monoisotopic (exact) mass is 220 g/mol. The number of hydrogen-bond donors (Lipinski definition) is 1. The maximum Gasteiger partial charge on any atom is 0.0803 e. The van der Waals surface area contributed by atoms with E-state index in [1.807, 2.05) is 13.8 Å². The van der Waals surface area contributed by atoms with E-state index >= 15 is 0 Å². The van der Waals surface area contributed by atoms with Gasteiger partial charge in [-0.2, -0.15) is 0 Å². The molecule has 0 heterocycles. The van der Waals surface area contributed by atoms with E-state index < -0.39 is 5.60 Å². The topological polar surface area (TPSA) is 20.2 Å². The maximum atomic E-state index is 9.87. The number of aliphatic hydroxyl groups is 1. The van der Waals surface area contributed by atoms with Gasteiger partial charge in [0.15, 0.2) is 0 Å². The first-order chi connectivity index (χ1) is 7.39. The van der Waals surface area contributed by atoms with Crippen LogP contribution < -0.4 is 0 Å². The van der Waals surface area contributed by atoms with Crippen LogP contribution in [-0.2, 0) is 0 Å². The lowest BCUT2D eigenvalue weighted by atomic mass is 9.87. The molecular formula is C15H24O. The Labute approximate surface area is 99.6 Å². The van der Waals surface area contributed by atoms with Crippen LogP contribution in [0, 0.1) is 0 Å². The molecule has 1 rings (SSSR count). The zero-order chi connectivity index (χ0) is 12.2. The van der Waals surface area contributed by atoms with Crippen molar-refractivity contribution in [1.29, 1.82) is 0 Å². The molecule has 0 amide bonds. The molecule has 1 aliphatic carbocycles. The van der Waals surface area contributed by atoms with Crippen molar-refractivity contribution < 1.29 is 5.11 Å². The van der Waals surface area contributed by atoms with Crippen LogP contribution in [-0.4, -0.2) is 10.7 Å². The third kappa shape index (κ3) is 4.36. The molecule has 0 radical (unpaired) electrons. The molecule has 0 saturated heterocycles. The van der Waals surface area contributed by atoms with Crippen LogP contribution in [0.15, 0.2) is 34.9 Å². The molecule has 1 nitrogen and oxygen atoms in total. The first kappa shape index (κ1) is 13.2. The summed E-state index contributed by atoms with van der Waals surface area (Å²) in [5, 5.41) is 9.87. The van der Waals surface area contributed by atoms with E-state index in [1.54, 1.807) is 0 Å². The Morgan fingerprint density at radius 2 is 2.00 bits per heavy atom. The first-order valence-corrected chi connectivity index (χ1v) is 6.14. The fourth-order valence-electron chi connectivity index (χ4n) is 1.94. The molecule has 0 saturated carbocycles. The van der Waals surface area contributed by atoms with Gasteiger partial charge >= 0.3 is 0 Å². The predicted octanol–water partition coefficient (Wildman–Crippen LogP) is 4.15. The second-order valence-electron chi connectivity index (χ2n) is 5.40. The summed E-state index contributed by atoms with van der Waals surface area (Å²) >= 11 is 0. The summed E-state index contributed by atoms with van der Waals surface area (Å²) in [6.45, 7) is 8.00. The highest BCUT2D eigenvalue weighted by molar-refractivity contribution is 5.28. The van der Waals surface area contributed by atoms with Crippen molar-refractivity contribution in [2.24, 2.45) is 0 Å². The quantitative estimate of drug-likeness (QED) is 0.706. The van der Waals surface area contributed by atoms with Crippen molar-refractivity contribution in [1.82, 2.24) is 0 Å². The minimum absolute atomic E-state index is 0.651. The molecule has 0 aliphatic heterocycles. The van der Waals surface area contributed by atoms with Gasteiger partial charge in [0.05, 0.1) is 5.60 Å². The highest BCUT2D eigenvalue weighted by Gasteiger charge is 2.20. The maximum absolute atomic E-state index is 9.87. The molecule has 0 aromatic heterocycles. The van der Waals surface area contributed by atoms with E-state index in [4.69, 9.17) is 0 Å². The molecule has 0 spiro atoms. The van der Waals surface area contributed by atoms with E-state index in [9.17, 15) is 5.11 Å². The molecule has 0 atom stereocenters. The number of allylic oxidation sites excluding steroid dienone is 5. The van der Waals surface area contributed by atoms with Crippen molar-refractivity contribution >= 4 is 0 Å². The highest BCUT2D eigenvalue weighted by Crippen LogP contribution is 2.28. The molecular weight excluding hydrogens is 196 g/mol. The van der Waals surface area contributed by atoms with Gasteiger partial charge < -0.3 is 5.11 Å². The van der Waals surface area contributed by atoms with Crippen LogP contribution in [0.5, 0.6) is 0 Å². The van der Waals surface area contributed by atoms with Crippen LogP contribution in [0.3, 0.4) is 0 Å². The summed E-state index contributed by atoms with van der Waals surface area (Å²) in [5.41, 5.74) is 3.40. The lowest BCUT2D eigenvalue weighted by Crippen LogP contribution is -2.22. The predicted molar refractivity (Wildman–Crippen MR) is 70.4 cm³/mol. The highest BCUT2D eigenvalue weighted by atomic mass is 16.3. The minimum Gasteiger partial charge on any atom is -0.386 e. The van der Waals surface area contributed by atoms with Gasteiger partial charge in [0, 0.05) is 0 Å². The second kappa shape index (κ2) is 5.49. The van der Waals surface area contributed by atoms with Crippen molar-refractivity contribution in [3.63, 3.8) is 0 Å². The molecule has 16 heavy (non-hydrogen) atoms.